The second kappa shape index (κ2) is 4.25. The van der Waals surface area contributed by atoms with Crippen LogP contribution in [-0.2, 0) is 6.42 Å². The number of phenolic OH excluding ortho intramolecular Hbond substituents is 1. The quantitative estimate of drug-likeness (QED) is 0.488. The number of hydrazine groups is 1. The number of aromatic hydroxyl groups is 1. The van der Waals surface area contributed by atoms with Crippen molar-refractivity contribution in [2.75, 3.05) is 0 Å². The number of aryl methyl sites for hydroxylation is 1. The number of hydrogen-bond donors (Lipinski definition) is 3. The molecule has 0 aliphatic heterocycles. The van der Waals surface area contributed by atoms with Gasteiger partial charge in [-0.1, -0.05) is 19.1 Å². The number of hydrogen-bond acceptors (Lipinski definition) is 3. The van der Waals surface area contributed by atoms with E-state index in [1.165, 1.54) is 0 Å². The van der Waals surface area contributed by atoms with Crippen LogP contribution in [-0.4, -0.2) is 5.11 Å². The van der Waals surface area contributed by atoms with E-state index < -0.39 is 0 Å². The molecule has 1 aromatic rings. The van der Waals surface area contributed by atoms with Crippen molar-refractivity contribution in [3.8, 4) is 5.75 Å². The predicted octanol–water partition coefficient (Wildman–Crippen LogP) is 1.48. The molecule has 0 fully saturated rings. The first-order valence-corrected chi connectivity index (χ1v) is 4.47. The third-order valence-corrected chi connectivity index (χ3v) is 2.22. The number of nitrogens with one attached hydrogen (secondary N) is 1. The van der Waals surface area contributed by atoms with Crippen molar-refractivity contribution in [3.63, 3.8) is 0 Å². The summed E-state index contributed by atoms with van der Waals surface area (Å²) in [7, 11) is 0. The van der Waals surface area contributed by atoms with Crippen LogP contribution >= 0.6 is 0 Å². The minimum Gasteiger partial charge on any atom is -0.508 e. The molecule has 1 aromatic carbocycles. The second-order valence-electron chi connectivity index (χ2n) is 3.14. The molecule has 4 N–H and O–H groups in total. The molecular formula is C10H16N2O. The van der Waals surface area contributed by atoms with E-state index >= 15 is 0 Å². The van der Waals surface area contributed by atoms with Crippen LogP contribution in [0.2, 0.25) is 0 Å². The molecule has 3 heteroatoms. The van der Waals surface area contributed by atoms with E-state index in [1.807, 2.05) is 19.1 Å². The normalized spacial score (nSPS) is 12.8. The number of nitrogens with two attached hydrogens (primary N) is 1. The van der Waals surface area contributed by atoms with E-state index in [2.05, 4.69) is 12.3 Å². The van der Waals surface area contributed by atoms with Crippen molar-refractivity contribution >= 4 is 0 Å². The summed E-state index contributed by atoms with van der Waals surface area (Å²) in [5.41, 5.74) is 4.56. The Bertz CT molecular complexity index is 286. The zero-order valence-corrected chi connectivity index (χ0v) is 8.04. The Kier molecular flexibility index (Phi) is 3.28. The average Bonchev–Trinajstić information content (AvgIpc) is 2.16. The maximum atomic E-state index is 9.63. The van der Waals surface area contributed by atoms with Crippen LogP contribution in [0.15, 0.2) is 18.2 Å². The minimum atomic E-state index is -0.0223. The summed E-state index contributed by atoms with van der Waals surface area (Å²) >= 11 is 0. The fourth-order valence-electron chi connectivity index (χ4n) is 1.27. The molecule has 0 unspecified atom stereocenters. The Morgan fingerprint density at radius 3 is 2.69 bits per heavy atom. The van der Waals surface area contributed by atoms with Gasteiger partial charge in [-0.15, -0.1) is 0 Å². The predicted molar refractivity (Wildman–Crippen MR) is 53.2 cm³/mol. The lowest BCUT2D eigenvalue weighted by atomic mass is 10.0. The van der Waals surface area contributed by atoms with Gasteiger partial charge in [-0.3, -0.25) is 11.3 Å². The van der Waals surface area contributed by atoms with Crippen molar-refractivity contribution < 1.29 is 5.11 Å². The molecule has 1 atom stereocenters. The lowest BCUT2D eigenvalue weighted by molar-refractivity contribution is 0.454. The molecule has 3 nitrogen and oxygen atoms in total. The fourth-order valence-corrected chi connectivity index (χ4v) is 1.27. The Morgan fingerprint density at radius 2 is 2.23 bits per heavy atom. The van der Waals surface area contributed by atoms with Gasteiger partial charge >= 0.3 is 0 Å². The van der Waals surface area contributed by atoms with Gasteiger partial charge in [0.25, 0.3) is 0 Å². The van der Waals surface area contributed by atoms with E-state index in [9.17, 15) is 5.11 Å². The molecule has 0 bridgehead atoms. The van der Waals surface area contributed by atoms with Gasteiger partial charge in [0.15, 0.2) is 0 Å². The first-order valence-electron chi connectivity index (χ1n) is 4.47. The van der Waals surface area contributed by atoms with Gasteiger partial charge in [0, 0.05) is 11.6 Å². The first kappa shape index (κ1) is 10.0. The van der Waals surface area contributed by atoms with E-state index in [0.717, 1.165) is 17.5 Å². The summed E-state index contributed by atoms with van der Waals surface area (Å²) in [5.74, 6) is 5.59. The summed E-state index contributed by atoms with van der Waals surface area (Å²) in [6.07, 6.45) is 0.929. The van der Waals surface area contributed by atoms with Crippen molar-refractivity contribution in [2.24, 2.45) is 5.84 Å². The fraction of sp³-hybridized carbons (Fsp3) is 0.400. The van der Waals surface area contributed by atoms with Gasteiger partial charge in [-0.05, 0) is 25.0 Å². The van der Waals surface area contributed by atoms with Gasteiger partial charge in [0.1, 0.15) is 5.75 Å². The minimum absolute atomic E-state index is 0.0223. The number of phenols is 1. The molecule has 0 heterocycles. The lowest BCUT2D eigenvalue weighted by Crippen LogP contribution is -2.25. The van der Waals surface area contributed by atoms with Crippen molar-refractivity contribution in [2.45, 2.75) is 26.3 Å². The molecule has 1 rings (SSSR count). The van der Waals surface area contributed by atoms with Crippen LogP contribution in [0.5, 0.6) is 5.75 Å². The molecule has 0 spiro atoms. The molecule has 13 heavy (non-hydrogen) atoms. The molecule has 72 valence electrons. The highest BCUT2D eigenvalue weighted by Crippen LogP contribution is 2.24. The van der Waals surface area contributed by atoms with Gasteiger partial charge in [-0.25, -0.2) is 0 Å². The highest BCUT2D eigenvalue weighted by molar-refractivity contribution is 5.38. The van der Waals surface area contributed by atoms with Crippen LogP contribution in [0, 0.1) is 0 Å². The largest absolute Gasteiger partial charge is 0.508 e. The average molecular weight is 180 g/mol. The molecule has 0 amide bonds. The smallest absolute Gasteiger partial charge is 0.120 e. The van der Waals surface area contributed by atoms with Crippen molar-refractivity contribution in [3.05, 3.63) is 29.3 Å². The molecule has 0 aromatic heterocycles. The van der Waals surface area contributed by atoms with E-state index in [4.69, 9.17) is 5.84 Å². The van der Waals surface area contributed by atoms with Gasteiger partial charge < -0.3 is 5.11 Å². The van der Waals surface area contributed by atoms with Crippen LogP contribution in [0.4, 0.5) is 0 Å². The molecular weight excluding hydrogens is 164 g/mol. The maximum Gasteiger partial charge on any atom is 0.120 e. The van der Waals surface area contributed by atoms with Crippen molar-refractivity contribution in [1.29, 1.82) is 0 Å². The van der Waals surface area contributed by atoms with Crippen LogP contribution < -0.4 is 11.3 Å². The monoisotopic (exact) mass is 180 g/mol. The van der Waals surface area contributed by atoms with Gasteiger partial charge in [-0.2, -0.15) is 0 Å². The van der Waals surface area contributed by atoms with E-state index in [1.54, 1.807) is 6.07 Å². The van der Waals surface area contributed by atoms with Crippen LogP contribution in [0.25, 0.3) is 0 Å². The highest BCUT2D eigenvalue weighted by Gasteiger charge is 2.08. The Balaban J connectivity index is 2.98. The Labute approximate surface area is 78.5 Å². The number of rotatable bonds is 3. The van der Waals surface area contributed by atoms with E-state index in [0.29, 0.717) is 5.75 Å². The molecule has 0 aliphatic rings. The lowest BCUT2D eigenvalue weighted by Gasteiger charge is -2.12. The summed E-state index contributed by atoms with van der Waals surface area (Å²) in [5, 5.41) is 9.63. The van der Waals surface area contributed by atoms with Gasteiger partial charge in [0.05, 0.1) is 0 Å². The standard InChI is InChI=1S/C10H16N2O/c1-3-8-4-5-9(7(2)12-11)10(13)6-8/h4-7,12-13H,3,11H2,1-2H3/t7-/m0/s1. The summed E-state index contributed by atoms with van der Waals surface area (Å²) in [6.45, 7) is 3.96. The summed E-state index contributed by atoms with van der Waals surface area (Å²) in [4.78, 5) is 0. The topological polar surface area (TPSA) is 58.3 Å². The maximum absolute atomic E-state index is 9.63. The third kappa shape index (κ3) is 2.20. The Morgan fingerprint density at radius 1 is 1.54 bits per heavy atom. The zero-order chi connectivity index (χ0) is 9.84. The van der Waals surface area contributed by atoms with Crippen molar-refractivity contribution in [1.82, 2.24) is 5.43 Å². The number of benzene rings is 1. The molecule has 0 aliphatic carbocycles. The van der Waals surface area contributed by atoms with Crippen LogP contribution in [0.1, 0.15) is 31.0 Å². The third-order valence-electron chi connectivity index (χ3n) is 2.22. The Hall–Kier alpha value is -1.06. The SMILES string of the molecule is CCc1ccc([C@H](C)NN)c(O)c1. The first-order chi connectivity index (χ1) is 6.19. The second-order valence-corrected chi connectivity index (χ2v) is 3.14. The summed E-state index contributed by atoms with van der Waals surface area (Å²) in [6, 6.07) is 5.66. The van der Waals surface area contributed by atoms with Crippen LogP contribution in [0.3, 0.4) is 0 Å². The zero-order valence-electron chi connectivity index (χ0n) is 8.04. The molecule has 0 saturated heterocycles. The van der Waals surface area contributed by atoms with E-state index in [-0.39, 0.29) is 6.04 Å². The van der Waals surface area contributed by atoms with Gasteiger partial charge in [0.2, 0.25) is 0 Å². The molecule has 0 saturated carbocycles. The summed E-state index contributed by atoms with van der Waals surface area (Å²) < 4.78 is 0. The highest BCUT2D eigenvalue weighted by atomic mass is 16.3. The molecule has 0 radical (unpaired) electrons.